The summed E-state index contributed by atoms with van der Waals surface area (Å²) in [6.45, 7) is 2.00. The van der Waals surface area contributed by atoms with Crippen LogP contribution in [0.1, 0.15) is 17.6 Å². The molecule has 2 aromatic rings. The van der Waals surface area contributed by atoms with Crippen LogP contribution < -0.4 is 4.74 Å². The summed E-state index contributed by atoms with van der Waals surface area (Å²) in [7, 11) is -3.79. The molecule has 0 bridgehead atoms. The lowest BCUT2D eigenvalue weighted by Gasteiger charge is -2.35. The Morgan fingerprint density at radius 2 is 1.88 bits per heavy atom. The van der Waals surface area contributed by atoms with Gasteiger partial charge in [-0.3, -0.25) is 0 Å². The predicted molar refractivity (Wildman–Crippen MR) is 73.7 cm³/mol. The Morgan fingerprint density at radius 1 is 1.25 bits per heavy atom. The highest BCUT2D eigenvalue weighted by Gasteiger charge is 2.40. The molecule has 1 saturated heterocycles. The van der Waals surface area contributed by atoms with Crippen LogP contribution in [0.3, 0.4) is 0 Å². The standard InChI is InChI=1S/C13H12F3N3O4S/c1-8-17-12(23-18-8)9-6-19(7-9)24(20,21)11-4-2-10(3-5-11)22-13(14,15)16/h2-5,9H,6-7H2,1H3. The van der Waals surface area contributed by atoms with Crippen molar-refractivity contribution >= 4 is 10.0 Å². The van der Waals surface area contributed by atoms with Gasteiger partial charge >= 0.3 is 6.36 Å². The molecule has 24 heavy (non-hydrogen) atoms. The van der Waals surface area contributed by atoms with Crippen LogP contribution in [0, 0.1) is 6.92 Å². The molecule has 1 aliphatic heterocycles. The normalized spacial score (nSPS) is 16.8. The molecule has 7 nitrogen and oxygen atoms in total. The molecule has 2 heterocycles. The van der Waals surface area contributed by atoms with Crippen molar-refractivity contribution in [2.45, 2.75) is 24.1 Å². The molecule has 0 unspecified atom stereocenters. The Balaban J connectivity index is 1.68. The molecule has 3 rings (SSSR count). The molecule has 11 heteroatoms. The molecular weight excluding hydrogens is 351 g/mol. The zero-order valence-electron chi connectivity index (χ0n) is 12.3. The minimum atomic E-state index is -4.83. The van der Waals surface area contributed by atoms with Crippen LogP contribution in [0.5, 0.6) is 5.75 Å². The van der Waals surface area contributed by atoms with Gasteiger partial charge in [0.2, 0.25) is 15.9 Å². The van der Waals surface area contributed by atoms with Crippen LogP contribution in [0.2, 0.25) is 0 Å². The number of alkyl halides is 3. The minimum Gasteiger partial charge on any atom is -0.406 e. The lowest BCUT2D eigenvalue weighted by molar-refractivity contribution is -0.274. The van der Waals surface area contributed by atoms with Crippen molar-refractivity contribution in [1.82, 2.24) is 14.4 Å². The van der Waals surface area contributed by atoms with Crippen molar-refractivity contribution in [2.24, 2.45) is 0 Å². The van der Waals surface area contributed by atoms with Crippen LogP contribution in [-0.4, -0.2) is 42.3 Å². The van der Waals surface area contributed by atoms with Gasteiger partial charge in [0.25, 0.3) is 0 Å². The zero-order chi connectivity index (χ0) is 17.5. The third kappa shape index (κ3) is 3.36. The first-order chi connectivity index (χ1) is 11.1. The fourth-order valence-electron chi connectivity index (χ4n) is 2.23. The number of aromatic nitrogens is 2. The summed E-state index contributed by atoms with van der Waals surface area (Å²) >= 11 is 0. The number of ether oxygens (including phenoxy) is 1. The number of sulfonamides is 1. The van der Waals surface area contributed by atoms with Gasteiger partial charge in [-0.2, -0.15) is 9.29 Å². The second-order valence-corrected chi connectivity index (χ2v) is 7.16. The fraction of sp³-hybridized carbons (Fsp3) is 0.385. The number of rotatable bonds is 4. The number of hydrogen-bond donors (Lipinski definition) is 0. The molecule has 130 valence electrons. The topological polar surface area (TPSA) is 85.5 Å². The van der Waals surface area contributed by atoms with E-state index in [4.69, 9.17) is 4.52 Å². The summed E-state index contributed by atoms with van der Waals surface area (Å²) in [6.07, 6.45) is -4.83. The number of benzene rings is 1. The average molecular weight is 363 g/mol. The van der Waals surface area contributed by atoms with Crippen molar-refractivity contribution in [3.63, 3.8) is 0 Å². The molecule has 1 aliphatic rings. The van der Waals surface area contributed by atoms with Crippen LogP contribution in [0.25, 0.3) is 0 Å². The Bertz CT molecular complexity index is 827. The molecular formula is C13H12F3N3O4S. The first-order valence-corrected chi connectivity index (χ1v) is 8.25. The van der Waals surface area contributed by atoms with E-state index in [1.807, 2.05) is 0 Å². The lowest BCUT2D eigenvalue weighted by atomic mass is 10.0. The number of aryl methyl sites for hydroxylation is 1. The number of hydrogen-bond acceptors (Lipinski definition) is 6. The zero-order valence-corrected chi connectivity index (χ0v) is 13.1. The van der Waals surface area contributed by atoms with E-state index in [1.165, 1.54) is 4.31 Å². The van der Waals surface area contributed by atoms with E-state index in [0.717, 1.165) is 24.3 Å². The van der Waals surface area contributed by atoms with E-state index in [9.17, 15) is 21.6 Å². The second kappa shape index (κ2) is 5.74. The van der Waals surface area contributed by atoms with E-state index >= 15 is 0 Å². The molecule has 1 fully saturated rings. The van der Waals surface area contributed by atoms with E-state index in [2.05, 4.69) is 14.9 Å². The molecule has 0 saturated carbocycles. The van der Waals surface area contributed by atoms with Crippen LogP contribution in [-0.2, 0) is 10.0 Å². The second-order valence-electron chi connectivity index (χ2n) is 5.22. The van der Waals surface area contributed by atoms with Gasteiger partial charge in [0.15, 0.2) is 5.82 Å². The third-order valence-electron chi connectivity index (χ3n) is 3.44. The van der Waals surface area contributed by atoms with Crippen LogP contribution >= 0.6 is 0 Å². The van der Waals surface area contributed by atoms with Crippen LogP contribution in [0.15, 0.2) is 33.7 Å². The Kier molecular flexibility index (Phi) is 4.00. The van der Waals surface area contributed by atoms with Gasteiger partial charge < -0.3 is 9.26 Å². The maximum absolute atomic E-state index is 12.4. The molecule has 1 aromatic heterocycles. The summed E-state index contributed by atoms with van der Waals surface area (Å²) in [5, 5.41) is 3.64. The van der Waals surface area contributed by atoms with Crippen LogP contribution in [0.4, 0.5) is 13.2 Å². The summed E-state index contributed by atoms with van der Waals surface area (Å²) in [5.41, 5.74) is 0. The quantitative estimate of drug-likeness (QED) is 0.827. The van der Waals surface area contributed by atoms with Gasteiger partial charge in [0.1, 0.15) is 5.75 Å². The number of nitrogens with zero attached hydrogens (tertiary/aromatic N) is 3. The SMILES string of the molecule is Cc1noc(C2CN(S(=O)(=O)c3ccc(OC(F)(F)F)cc3)C2)n1. The van der Waals surface area contributed by atoms with Crippen molar-refractivity contribution in [3.8, 4) is 5.75 Å². The Hall–Kier alpha value is -2.14. The predicted octanol–water partition coefficient (Wildman–Crippen LogP) is 2.06. The number of halogens is 3. The van der Waals surface area contributed by atoms with Gasteiger partial charge in [-0.25, -0.2) is 8.42 Å². The monoisotopic (exact) mass is 363 g/mol. The van der Waals surface area contributed by atoms with Crippen molar-refractivity contribution < 1.29 is 30.8 Å². The first kappa shape index (κ1) is 16.7. The van der Waals surface area contributed by atoms with E-state index in [0.29, 0.717) is 11.7 Å². The summed E-state index contributed by atoms with van der Waals surface area (Å²) in [4.78, 5) is 3.93. The highest BCUT2D eigenvalue weighted by atomic mass is 32.2. The molecule has 0 spiro atoms. The van der Waals surface area contributed by atoms with Gasteiger partial charge in [0.05, 0.1) is 10.8 Å². The first-order valence-electron chi connectivity index (χ1n) is 6.81. The Labute approximate surface area is 135 Å². The highest BCUT2D eigenvalue weighted by molar-refractivity contribution is 7.89. The molecule has 0 atom stereocenters. The van der Waals surface area contributed by atoms with E-state index in [-0.39, 0.29) is 23.9 Å². The van der Waals surface area contributed by atoms with Gasteiger partial charge in [-0.1, -0.05) is 5.16 Å². The summed E-state index contributed by atoms with van der Waals surface area (Å²) in [5.74, 6) is 0.164. The average Bonchev–Trinajstić information content (AvgIpc) is 2.82. The van der Waals surface area contributed by atoms with Crippen molar-refractivity contribution in [2.75, 3.05) is 13.1 Å². The van der Waals surface area contributed by atoms with E-state index in [1.54, 1.807) is 6.92 Å². The summed E-state index contributed by atoms with van der Waals surface area (Å²) < 4.78 is 71.0. The molecule has 0 radical (unpaired) electrons. The fourth-order valence-corrected chi connectivity index (χ4v) is 3.76. The maximum atomic E-state index is 12.4. The minimum absolute atomic E-state index is 0.114. The third-order valence-corrected chi connectivity index (χ3v) is 5.28. The lowest BCUT2D eigenvalue weighted by Crippen LogP contribution is -2.48. The molecule has 0 amide bonds. The van der Waals surface area contributed by atoms with Gasteiger partial charge in [-0.05, 0) is 31.2 Å². The largest absolute Gasteiger partial charge is 0.573 e. The Morgan fingerprint density at radius 3 is 2.38 bits per heavy atom. The molecule has 0 N–H and O–H groups in total. The highest BCUT2D eigenvalue weighted by Crippen LogP contribution is 2.32. The smallest absolute Gasteiger partial charge is 0.406 e. The van der Waals surface area contributed by atoms with Gasteiger partial charge in [-0.15, -0.1) is 13.2 Å². The van der Waals surface area contributed by atoms with Crippen molar-refractivity contribution in [3.05, 3.63) is 36.0 Å². The molecule has 0 aliphatic carbocycles. The maximum Gasteiger partial charge on any atom is 0.573 e. The van der Waals surface area contributed by atoms with E-state index < -0.39 is 22.1 Å². The summed E-state index contributed by atoms with van der Waals surface area (Å²) in [6, 6.07) is 4.05. The van der Waals surface area contributed by atoms with Crippen molar-refractivity contribution in [1.29, 1.82) is 0 Å². The van der Waals surface area contributed by atoms with Gasteiger partial charge in [0, 0.05) is 13.1 Å². The molecule has 1 aromatic carbocycles.